The first-order valence-corrected chi connectivity index (χ1v) is 8.37. The van der Waals surface area contributed by atoms with Crippen molar-refractivity contribution >= 4 is 17.5 Å². The summed E-state index contributed by atoms with van der Waals surface area (Å²) in [6.07, 6.45) is 2.99. The van der Waals surface area contributed by atoms with Gasteiger partial charge in [0.05, 0.1) is 14.2 Å². The van der Waals surface area contributed by atoms with Crippen LogP contribution in [0.1, 0.15) is 12.8 Å². The molecule has 0 atom stereocenters. The summed E-state index contributed by atoms with van der Waals surface area (Å²) in [4.78, 5) is 23.0. The highest BCUT2D eigenvalue weighted by molar-refractivity contribution is 5.92. The quantitative estimate of drug-likeness (QED) is 0.883. The lowest BCUT2D eigenvalue weighted by Gasteiger charge is -2.31. The topological polar surface area (TPSA) is 76.6 Å². The van der Waals surface area contributed by atoms with Crippen LogP contribution in [0.3, 0.4) is 0 Å². The number of carbonyl (C=O) groups is 1. The van der Waals surface area contributed by atoms with Crippen LogP contribution in [0.4, 0.5) is 16.0 Å². The molecule has 8 heteroatoms. The number of nitrogens with one attached hydrogen (secondary N) is 1. The number of methoxy groups -OCH3 is 2. The molecule has 3 rings (SSSR count). The molecule has 1 aliphatic rings. The first-order valence-electron chi connectivity index (χ1n) is 8.37. The Bertz CT molecular complexity index is 779. The monoisotopic (exact) mass is 360 g/mol. The van der Waals surface area contributed by atoms with Gasteiger partial charge >= 0.3 is 0 Å². The van der Waals surface area contributed by atoms with Gasteiger partial charge in [-0.05, 0) is 25.0 Å². The highest BCUT2D eigenvalue weighted by Gasteiger charge is 2.26. The van der Waals surface area contributed by atoms with Crippen LogP contribution in [0, 0.1) is 11.7 Å². The fourth-order valence-corrected chi connectivity index (χ4v) is 2.93. The maximum absolute atomic E-state index is 13.7. The van der Waals surface area contributed by atoms with Crippen LogP contribution in [0.15, 0.2) is 30.5 Å². The van der Waals surface area contributed by atoms with Crippen molar-refractivity contribution in [3.63, 3.8) is 0 Å². The molecule has 0 bridgehead atoms. The van der Waals surface area contributed by atoms with Crippen molar-refractivity contribution in [3.05, 3.63) is 36.3 Å². The number of nitrogens with zero attached hydrogens (tertiary/aromatic N) is 3. The number of amides is 1. The van der Waals surface area contributed by atoms with Crippen molar-refractivity contribution in [2.45, 2.75) is 12.8 Å². The van der Waals surface area contributed by atoms with Gasteiger partial charge in [0.15, 0.2) is 11.6 Å². The van der Waals surface area contributed by atoms with Crippen LogP contribution in [0.25, 0.3) is 0 Å². The maximum atomic E-state index is 13.7. The molecule has 1 amide bonds. The molecule has 0 aliphatic carbocycles. The third-order valence-electron chi connectivity index (χ3n) is 4.39. The van der Waals surface area contributed by atoms with E-state index in [1.165, 1.54) is 19.2 Å². The van der Waals surface area contributed by atoms with Crippen molar-refractivity contribution in [1.82, 2.24) is 9.97 Å². The van der Waals surface area contributed by atoms with Crippen LogP contribution in [0.2, 0.25) is 0 Å². The van der Waals surface area contributed by atoms with Gasteiger partial charge in [0.25, 0.3) is 0 Å². The van der Waals surface area contributed by atoms with Crippen LogP contribution in [-0.4, -0.2) is 43.2 Å². The van der Waals surface area contributed by atoms with Crippen molar-refractivity contribution < 1.29 is 18.7 Å². The lowest BCUT2D eigenvalue weighted by molar-refractivity contribution is -0.120. The molecular weight excluding hydrogens is 339 g/mol. The SMILES string of the molecule is COc1ccnc(N2CCC(C(=O)Nc3ccc(OC)c(F)c3)CC2)n1. The molecule has 0 spiro atoms. The van der Waals surface area contributed by atoms with E-state index < -0.39 is 5.82 Å². The molecule has 7 nitrogen and oxygen atoms in total. The Labute approximate surface area is 151 Å². The van der Waals surface area contributed by atoms with Crippen molar-refractivity contribution in [3.8, 4) is 11.6 Å². The normalized spacial score (nSPS) is 14.8. The molecule has 138 valence electrons. The van der Waals surface area contributed by atoms with Crippen LogP contribution >= 0.6 is 0 Å². The number of anilines is 2. The van der Waals surface area contributed by atoms with E-state index in [1.807, 2.05) is 4.90 Å². The summed E-state index contributed by atoms with van der Waals surface area (Å²) in [7, 11) is 2.96. The second-order valence-corrected chi connectivity index (χ2v) is 6.00. The van der Waals surface area contributed by atoms with E-state index in [9.17, 15) is 9.18 Å². The van der Waals surface area contributed by atoms with Crippen LogP contribution in [0.5, 0.6) is 11.6 Å². The molecule has 1 saturated heterocycles. The van der Waals surface area contributed by atoms with E-state index in [4.69, 9.17) is 9.47 Å². The van der Waals surface area contributed by atoms with Gasteiger partial charge in [0.2, 0.25) is 17.7 Å². The minimum Gasteiger partial charge on any atom is -0.494 e. The molecule has 1 N–H and O–H groups in total. The molecule has 0 saturated carbocycles. The Balaban J connectivity index is 1.57. The maximum Gasteiger partial charge on any atom is 0.228 e. The van der Waals surface area contributed by atoms with E-state index in [0.29, 0.717) is 43.4 Å². The van der Waals surface area contributed by atoms with Crippen molar-refractivity contribution in [2.75, 3.05) is 37.5 Å². The zero-order valence-electron chi connectivity index (χ0n) is 14.7. The number of carbonyl (C=O) groups excluding carboxylic acids is 1. The zero-order chi connectivity index (χ0) is 18.5. The lowest BCUT2D eigenvalue weighted by Crippen LogP contribution is -2.39. The fraction of sp³-hybridized carbons (Fsp3) is 0.389. The van der Waals surface area contributed by atoms with E-state index in [-0.39, 0.29) is 17.6 Å². The molecule has 2 aromatic rings. The Morgan fingerprint density at radius 3 is 2.65 bits per heavy atom. The Morgan fingerprint density at radius 2 is 2.00 bits per heavy atom. The Kier molecular flexibility index (Phi) is 5.50. The molecule has 1 aromatic heterocycles. The number of halogens is 1. The molecule has 1 aromatic carbocycles. The van der Waals surface area contributed by atoms with Gasteiger partial charge in [-0.2, -0.15) is 4.98 Å². The third kappa shape index (κ3) is 4.01. The number of rotatable bonds is 5. The predicted molar refractivity (Wildman–Crippen MR) is 95.1 cm³/mol. The molecule has 0 unspecified atom stereocenters. The summed E-state index contributed by atoms with van der Waals surface area (Å²) < 4.78 is 23.7. The molecular formula is C18H21FN4O3. The average Bonchev–Trinajstić information content (AvgIpc) is 2.68. The number of piperidine rings is 1. The molecule has 26 heavy (non-hydrogen) atoms. The van der Waals surface area contributed by atoms with Crippen molar-refractivity contribution in [2.24, 2.45) is 5.92 Å². The van der Waals surface area contributed by atoms with E-state index in [2.05, 4.69) is 15.3 Å². The summed E-state index contributed by atoms with van der Waals surface area (Å²) in [5.74, 6) is 0.504. The van der Waals surface area contributed by atoms with Crippen LogP contribution < -0.4 is 19.7 Å². The van der Waals surface area contributed by atoms with E-state index in [0.717, 1.165) is 0 Å². The number of aromatic nitrogens is 2. The predicted octanol–water partition coefficient (Wildman–Crippen LogP) is 2.49. The standard InChI is InChI=1S/C18H21FN4O3/c1-25-15-4-3-13(11-14(15)19)21-17(24)12-6-9-23(10-7-12)18-20-8-5-16(22-18)26-2/h3-5,8,11-12H,6-7,9-10H2,1-2H3,(H,21,24). The van der Waals surface area contributed by atoms with Crippen LogP contribution in [-0.2, 0) is 4.79 Å². The Hall–Kier alpha value is -2.90. The molecule has 2 heterocycles. The number of benzene rings is 1. The fourth-order valence-electron chi connectivity index (χ4n) is 2.93. The number of hydrogen-bond acceptors (Lipinski definition) is 6. The van der Waals surface area contributed by atoms with E-state index >= 15 is 0 Å². The highest BCUT2D eigenvalue weighted by Crippen LogP contribution is 2.25. The second kappa shape index (κ2) is 7.99. The van der Waals surface area contributed by atoms with Gasteiger partial charge in [-0.1, -0.05) is 0 Å². The number of hydrogen-bond donors (Lipinski definition) is 1. The van der Waals surface area contributed by atoms with E-state index in [1.54, 1.807) is 25.4 Å². The van der Waals surface area contributed by atoms with Crippen molar-refractivity contribution in [1.29, 1.82) is 0 Å². The summed E-state index contributed by atoms with van der Waals surface area (Å²) >= 11 is 0. The second-order valence-electron chi connectivity index (χ2n) is 6.00. The summed E-state index contributed by atoms with van der Waals surface area (Å²) in [6, 6.07) is 6.07. The highest BCUT2D eigenvalue weighted by atomic mass is 19.1. The first-order chi connectivity index (χ1) is 12.6. The number of ether oxygens (including phenoxy) is 2. The molecule has 1 aliphatic heterocycles. The first kappa shape index (κ1) is 17.9. The molecule has 0 radical (unpaired) electrons. The Morgan fingerprint density at radius 1 is 1.23 bits per heavy atom. The summed E-state index contributed by atoms with van der Waals surface area (Å²) in [6.45, 7) is 1.34. The summed E-state index contributed by atoms with van der Waals surface area (Å²) in [5.41, 5.74) is 0.423. The third-order valence-corrected chi connectivity index (χ3v) is 4.39. The largest absolute Gasteiger partial charge is 0.494 e. The minimum absolute atomic E-state index is 0.110. The van der Waals surface area contributed by atoms with Gasteiger partial charge < -0.3 is 19.7 Å². The van der Waals surface area contributed by atoms with Gasteiger partial charge in [-0.15, -0.1) is 0 Å². The van der Waals surface area contributed by atoms with Gasteiger partial charge in [0.1, 0.15) is 0 Å². The van der Waals surface area contributed by atoms with Gasteiger partial charge in [-0.3, -0.25) is 4.79 Å². The van der Waals surface area contributed by atoms with Gasteiger partial charge in [-0.25, -0.2) is 9.37 Å². The molecule has 1 fully saturated rings. The zero-order valence-corrected chi connectivity index (χ0v) is 14.7. The summed E-state index contributed by atoms with van der Waals surface area (Å²) in [5, 5.41) is 2.77. The average molecular weight is 360 g/mol. The van der Waals surface area contributed by atoms with Gasteiger partial charge in [0, 0.05) is 43.0 Å². The minimum atomic E-state index is -0.504. The smallest absolute Gasteiger partial charge is 0.228 e. The lowest BCUT2D eigenvalue weighted by atomic mass is 9.96.